The smallest absolute Gasteiger partial charge is 0.264 e. The lowest BCUT2D eigenvalue weighted by Crippen LogP contribution is -2.51. The molecule has 0 N–H and O–H groups in total. The number of carbonyl (C=O) groups excluding carboxylic acids is 1. The Morgan fingerprint density at radius 3 is 2.48 bits per heavy atom. The maximum absolute atomic E-state index is 13.2. The Kier molecular flexibility index (Phi) is 5.10. The van der Waals surface area contributed by atoms with Gasteiger partial charge in [0.1, 0.15) is 4.83 Å². The Bertz CT molecular complexity index is 1030. The van der Waals surface area contributed by atoms with Crippen molar-refractivity contribution in [2.75, 3.05) is 26.2 Å². The standard InChI is InChI=1S/C22H25ClN4OS/c1-15-19-14-20(29-22(19)27(24-15)18-8-6-16(23)7-9-18)21(28)26-12-10-25(11-13-26)17-4-2-3-5-17/h6-9,14,17H,2-5,10-13H2,1H3. The van der Waals surface area contributed by atoms with E-state index >= 15 is 0 Å². The third-order valence-electron chi connectivity index (χ3n) is 6.27. The van der Waals surface area contributed by atoms with Gasteiger partial charge in [0.05, 0.1) is 16.3 Å². The summed E-state index contributed by atoms with van der Waals surface area (Å²) in [6.07, 6.45) is 5.36. The maximum atomic E-state index is 13.2. The van der Waals surface area contributed by atoms with Crippen LogP contribution in [-0.4, -0.2) is 57.7 Å². The zero-order valence-corrected chi connectivity index (χ0v) is 18.2. The zero-order valence-electron chi connectivity index (χ0n) is 16.6. The molecule has 0 radical (unpaired) electrons. The van der Waals surface area contributed by atoms with Crippen LogP contribution in [0.5, 0.6) is 0 Å². The first-order valence-corrected chi connectivity index (χ1v) is 11.6. The van der Waals surface area contributed by atoms with E-state index in [4.69, 9.17) is 11.6 Å². The van der Waals surface area contributed by atoms with Crippen LogP contribution >= 0.6 is 22.9 Å². The van der Waals surface area contributed by atoms with Gasteiger partial charge in [-0.05, 0) is 50.1 Å². The Balaban J connectivity index is 1.36. The number of carbonyl (C=O) groups is 1. The van der Waals surface area contributed by atoms with Crippen molar-refractivity contribution in [1.29, 1.82) is 0 Å². The normalized spacial score (nSPS) is 18.8. The lowest BCUT2D eigenvalue weighted by Gasteiger charge is -2.37. The lowest BCUT2D eigenvalue weighted by atomic mass is 10.2. The summed E-state index contributed by atoms with van der Waals surface area (Å²) >= 11 is 7.56. The Labute approximate surface area is 179 Å². The Morgan fingerprint density at radius 1 is 1.10 bits per heavy atom. The number of benzene rings is 1. The molecule has 3 aromatic rings. The van der Waals surface area contributed by atoms with E-state index in [-0.39, 0.29) is 5.91 Å². The van der Waals surface area contributed by atoms with Crippen LogP contribution in [0.4, 0.5) is 0 Å². The molecule has 5 nitrogen and oxygen atoms in total. The topological polar surface area (TPSA) is 41.4 Å². The second-order valence-corrected chi connectivity index (χ2v) is 9.54. The molecule has 0 spiro atoms. The summed E-state index contributed by atoms with van der Waals surface area (Å²) in [5.74, 6) is 0.152. The van der Waals surface area contributed by atoms with Crippen molar-refractivity contribution in [1.82, 2.24) is 19.6 Å². The van der Waals surface area contributed by atoms with E-state index in [2.05, 4.69) is 10.00 Å². The monoisotopic (exact) mass is 428 g/mol. The van der Waals surface area contributed by atoms with Gasteiger partial charge in [0.2, 0.25) is 0 Å². The van der Waals surface area contributed by atoms with E-state index in [9.17, 15) is 4.79 Å². The summed E-state index contributed by atoms with van der Waals surface area (Å²) < 4.78 is 1.92. The highest BCUT2D eigenvalue weighted by Crippen LogP contribution is 2.32. The third kappa shape index (κ3) is 3.58. The largest absolute Gasteiger partial charge is 0.335 e. The molecular formula is C22H25ClN4OS. The molecule has 0 unspecified atom stereocenters. The summed E-state index contributed by atoms with van der Waals surface area (Å²) in [5, 5.41) is 6.42. The predicted octanol–water partition coefficient (Wildman–Crippen LogP) is 4.75. The van der Waals surface area contributed by atoms with E-state index in [0.717, 1.165) is 58.7 Å². The van der Waals surface area contributed by atoms with Crippen LogP contribution in [0.25, 0.3) is 15.9 Å². The van der Waals surface area contributed by atoms with Crippen LogP contribution in [0.2, 0.25) is 5.02 Å². The molecule has 1 amide bonds. The number of thiophene rings is 1. The van der Waals surface area contributed by atoms with E-state index in [1.165, 1.54) is 37.0 Å². The van der Waals surface area contributed by atoms with Gasteiger partial charge in [-0.2, -0.15) is 5.10 Å². The second kappa shape index (κ2) is 7.74. The van der Waals surface area contributed by atoms with Crippen LogP contribution in [0, 0.1) is 6.92 Å². The molecule has 1 aliphatic carbocycles. The molecule has 152 valence electrons. The fourth-order valence-corrected chi connectivity index (χ4v) is 5.90. The minimum absolute atomic E-state index is 0.152. The van der Waals surface area contributed by atoms with Crippen molar-refractivity contribution in [3.63, 3.8) is 0 Å². The van der Waals surface area contributed by atoms with Crippen molar-refractivity contribution < 1.29 is 4.79 Å². The molecule has 2 aromatic heterocycles. The molecule has 1 aliphatic heterocycles. The number of rotatable bonds is 3. The third-order valence-corrected chi connectivity index (χ3v) is 7.62. The van der Waals surface area contributed by atoms with E-state index in [1.54, 1.807) is 0 Å². The first-order valence-electron chi connectivity index (χ1n) is 10.4. The number of halogens is 1. The van der Waals surface area contributed by atoms with Crippen LogP contribution in [-0.2, 0) is 0 Å². The number of aryl methyl sites for hydroxylation is 1. The number of amides is 1. The fraction of sp³-hybridized carbons (Fsp3) is 0.455. The summed E-state index contributed by atoms with van der Waals surface area (Å²) in [7, 11) is 0. The molecule has 0 atom stereocenters. The number of hydrogen-bond donors (Lipinski definition) is 0. The van der Waals surface area contributed by atoms with Crippen LogP contribution < -0.4 is 0 Å². The average molecular weight is 429 g/mol. The second-order valence-electron chi connectivity index (χ2n) is 8.07. The van der Waals surface area contributed by atoms with Crippen LogP contribution in [0.15, 0.2) is 30.3 Å². The summed E-state index contributed by atoms with van der Waals surface area (Å²) in [5.41, 5.74) is 1.90. The van der Waals surface area contributed by atoms with Gasteiger partial charge in [0.25, 0.3) is 5.91 Å². The van der Waals surface area contributed by atoms with E-state index in [0.29, 0.717) is 5.02 Å². The van der Waals surface area contributed by atoms with Crippen molar-refractivity contribution in [2.45, 2.75) is 38.6 Å². The summed E-state index contributed by atoms with van der Waals surface area (Å²) in [6.45, 7) is 5.64. The first-order chi connectivity index (χ1) is 14.1. The Morgan fingerprint density at radius 2 is 1.79 bits per heavy atom. The van der Waals surface area contributed by atoms with E-state index < -0.39 is 0 Å². The number of piperazine rings is 1. The number of hydrogen-bond acceptors (Lipinski definition) is 4. The van der Waals surface area contributed by atoms with Gasteiger partial charge in [-0.15, -0.1) is 11.3 Å². The molecule has 5 rings (SSSR count). The van der Waals surface area contributed by atoms with Gasteiger partial charge in [-0.25, -0.2) is 4.68 Å². The molecule has 2 fully saturated rings. The lowest BCUT2D eigenvalue weighted by molar-refractivity contribution is 0.0578. The molecular weight excluding hydrogens is 404 g/mol. The predicted molar refractivity (Wildman–Crippen MR) is 118 cm³/mol. The molecule has 29 heavy (non-hydrogen) atoms. The summed E-state index contributed by atoms with van der Waals surface area (Å²) in [6, 6.07) is 10.4. The number of fused-ring (bicyclic) bond motifs is 1. The van der Waals surface area contributed by atoms with Gasteiger partial charge in [0, 0.05) is 42.6 Å². The van der Waals surface area contributed by atoms with Crippen molar-refractivity contribution >= 4 is 39.1 Å². The van der Waals surface area contributed by atoms with Gasteiger partial charge in [-0.3, -0.25) is 9.69 Å². The summed E-state index contributed by atoms with van der Waals surface area (Å²) in [4.78, 5) is 19.6. The highest BCUT2D eigenvalue weighted by atomic mass is 35.5. The highest BCUT2D eigenvalue weighted by Gasteiger charge is 2.29. The van der Waals surface area contributed by atoms with Crippen LogP contribution in [0.3, 0.4) is 0 Å². The molecule has 7 heteroatoms. The van der Waals surface area contributed by atoms with Gasteiger partial charge in [0.15, 0.2) is 0 Å². The highest BCUT2D eigenvalue weighted by molar-refractivity contribution is 7.20. The first kappa shape index (κ1) is 19.1. The fourth-order valence-electron chi connectivity index (χ4n) is 4.63. The van der Waals surface area contributed by atoms with E-state index in [1.807, 2.05) is 46.8 Å². The quantitative estimate of drug-likeness (QED) is 0.604. The van der Waals surface area contributed by atoms with Crippen molar-refractivity contribution in [3.05, 3.63) is 45.9 Å². The minimum Gasteiger partial charge on any atom is -0.335 e. The molecule has 3 heterocycles. The zero-order chi connectivity index (χ0) is 20.0. The minimum atomic E-state index is 0.152. The number of nitrogens with zero attached hydrogens (tertiary/aromatic N) is 4. The van der Waals surface area contributed by atoms with Crippen LogP contribution in [0.1, 0.15) is 41.0 Å². The van der Waals surface area contributed by atoms with Gasteiger partial charge < -0.3 is 4.90 Å². The molecule has 1 saturated carbocycles. The molecule has 1 saturated heterocycles. The van der Waals surface area contributed by atoms with Gasteiger partial charge >= 0.3 is 0 Å². The SMILES string of the molecule is Cc1nn(-c2ccc(Cl)cc2)c2sc(C(=O)N3CCN(C4CCCC4)CC3)cc12. The average Bonchev–Trinajstić information content (AvgIpc) is 3.47. The molecule has 2 aliphatic rings. The van der Waals surface area contributed by atoms with Crippen molar-refractivity contribution in [2.24, 2.45) is 0 Å². The van der Waals surface area contributed by atoms with Crippen molar-refractivity contribution in [3.8, 4) is 5.69 Å². The molecule has 1 aromatic carbocycles. The Hall–Kier alpha value is -1.89. The van der Waals surface area contributed by atoms with Gasteiger partial charge in [-0.1, -0.05) is 24.4 Å². The molecule has 0 bridgehead atoms. The maximum Gasteiger partial charge on any atom is 0.264 e. The number of aromatic nitrogens is 2.